The Morgan fingerprint density at radius 3 is 2.50 bits per heavy atom. The van der Waals surface area contributed by atoms with Gasteiger partial charge in [-0.3, -0.25) is 0 Å². The first-order chi connectivity index (χ1) is 6.79. The van der Waals surface area contributed by atoms with Crippen LogP contribution in [0.5, 0.6) is 0 Å². The fourth-order valence-corrected chi connectivity index (χ4v) is 3.39. The Morgan fingerprint density at radius 1 is 1.21 bits per heavy atom. The van der Waals surface area contributed by atoms with Crippen LogP contribution in [0.1, 0.15) is 32.1 Å². The maximum Gasteiger partial charge on any atom is 0.0857 e. The third-order valence-electron chi connectivity index (χ3n) is 4.37. The molecule has 1 atom stereocenters. The Balaban J connectivity index is 2.22. The lowest BCUT2D eigenvalue weighted by Gasteiger charge is -2.46. The summed E-state index contributed by atoms with van der Waals surface area (Å²) in [7, 11) is 1.81. The highest BCUT2D eigenvalue weighted by Gasteiger charge is 2.54. The molecule has 2 aliphatic rings. The highest BCUT2D eigenvalue weighted by atomic mass is 16.5. The summed E-state index contributed by atoms with van der Waals surface area (Å²) in [6.45, 7) is 2.42. The first-order valence-corrected chi connectivity index (χ1v) is 5.62. The van der Waals surface area contributed by atoms with E-state index in [1.807, 2.05) is 7.11 Å². The predicted molar refractivity (Wildman–Crippen MR) is 55.1 cm³/mol. The standard InChI is InChI=1S/C11H21NO2/c1-13-11(9-12)4-2-3-10(11)5-7-14-8-6-10/h2-9,12H2,1H3. The van der Waals surface area contributed by atoms with Crippen molar-refractivity contribution in [3.63, 3.8) is 0 Å². The van der Waals surface area contributed by atoms with E-state index >= 15 is 0 Å². The van der Waals surface area contributed by atoms with E-state index in [1.54, 1.807) is 0 Å². The molecule has 1 heterocycles. The maximum atomic E-state index is 5.92. The molecular weight excluding hydrogens is 178 g/mol. The predicted octanol–water partition coefficient (Wildman–Crippen LogP) is 1.31. The average Bonchev–Trinajstić information content (AvgIpc) is 2.58. The van der Waals surface area contributed by atoms with E-state index in [0.29, 0.717) is 12.0 Å². The SMILES string of the molecule is COC1(CN)CCCC12CCOCC2. The topological polar surface area (TPSA) is 44.5 Å². The van der Waals surface area contributed by atoms with Gasteiger partial charge in [0.05, 0.1) is 5.60 Å². The van der Waals surface area contributed by atoms with Gasteiger partial charge < -0.3 is 15.2 Å². The van der Waals surface area contributed by atoms with Crippen molar-refractivity contribution in [3.05, 3.63) is 0 Å². The van der Waals surface area contributed by atoms with Crippen molar-refractivity contribution in [1.29, 1.82) is 0 Å². The molecule has 2 N–H and O–H groups in total. The van der Waals surface area contributed by atoms with E-state index in [2.05, 4.69) is 0 Å². The summed E-state index contributed by atoms with van der Waals surface area (Å²) in [6, 6.07) is 0. The molecule has 14 heavy (non-hydrogen) atoms. The number of methoxy groups -OCH3 is 1. The number of rotatable bonds is 2. The third-order valence-corrected chi connectivity index (χ3v) is 4.37. The van der Waals surface area contributed by atoms with Crippen LogP contribution >= 0.6 is 0 Å². The fraction of sp³-hybridized carbons (Fsp3) is 1.00. The Labute approximate surface area is 85.9 Å². The largest absolute Gasteiger partial charge is 0.381 e. The van der Waals surface area contributed by atoms with Crippen LogP contribution in [-0.2, 0) is 9.47 Å². The molecule has 1 spiro atoms. The molecule has 2 fully saturated rings. The van der Waals surface area contributed by atoms with E-state index in [0.717, 1.165) is 32.5 Å². The minimum Gasteiger partial charge on any atom is -0.381 e. The third kappa shape index (κ3) is 1.30. The van der Waals surface area contributed by atoms with Gasteiger partial charge in [0.15, 0.2) is 0 Å². The molecule has 0 radical (unpaired) electrons. The molecule has 0 bridgehead atoms. The Kier molecular flexibility index (Phi) is 2.82. The van der Waals surface area contributed by atoms with Gasteiger partial charge in [-0.2, -0.15) is 0 Å². The smallest absolute Gasteiger partial charge is 0.0857 e. The molecule has 82 valence electrons. The van der Waals surface area contributed by atoms with Gasteiger partial charge >= 0.3 is 0 Å². The summed E-state index contributed by atoms with van der Waals surface area (Å²) in [5, 5.41) is 0. The van der Waals surface area contributed by atoms with Crippen LogP contribution in [0.15, 0.2) is 0 Å². The minimum atomic E-state index is -0.0587. The zero-order chi connectivity index (χ0) is 10.1. The van der Waals surface area contributed by atoms with E-state index in [4.69, 9.17) is 15.2 Å². The molecule has 1 aliphatic heterocycles. The molecule has 0 aromatic heterocycles. The summed E-state index contributed by atoms with van der Waals surface area (Å²) in [6.07, 6.45) is 5.89. The van der Waals surface area contributed by atoms with E-state index in [-0.39, 0.29) is 5.60 Å². The van der Waals surface area contributed by atoms with Gasteiger partial charge in [0.1, 0.15) is 0 Å². The summed E-state index contributed by atoms with van der Waals surface area (Å²) in [5.74, 6) is 0. The van der Waals surface area contributed by atoms with Gasteiger partial charge in [0, 0.05) is 32.3 Å². The molecule has 0 amide bonds. The van der Waals surface area contributed by atoms with Gasteiger partial charge in [-0.1, -0.05) is 0 Å². The second-order valence-corrected chi connectivity index (χ2v) is 4.65. The van der Waals surface area contributed by atoms with Gasteiger partial charge in [0.2, 0.25) is 0 Å². The van der Waals surface area contributed by atoms with Crippen LogP contribution in [0, 0.1) is 5.41 Å². The van der Waals surface area contributed by atoms with Gasteiger partial charge in [-0.05, 0) is 32.1 Å². The Bertz CT molecular complexity index is 195. The zero-order valence-electron chi connectivity index (χ0n) is 9.05. The van der Waals surface area contributed by atoms with E-state index in [1.165, 1.54) is 12.8 Å². The first kappa shape index (κ1) is 10.4. The van der Waals surface area contributed by atoms with Crippen molar-refractivity contribution in [2.45, 2.75) is 37.7 Å². The summed E-state index contributed by atoms with van der Waals surface area (Å²) < 4.78 is 11.2. The van der Waals surface area contributed by atoms with Crippen molar-refractivity contribution in [2.24, 2.45) is 11.1 Å². The zero-order valence-corrected chi connectivity index (χ0v) is 9.05. The summed E-state index contributed by atoms with van der Waals surface area (Å²) in [4.78, 5) is 0. The van der Waals surface area contributed by atoms with Crippen molar-refractivity contribution in [1.82, 2.24) is 0 Å². The monoisotopic (exact) mass is 199 g/mol. The lowest BCUT2D eigenvalue weighted by atomic mass is 9.68. The quantitative estimate of drug-likeness (QED) is 0.729. The van der Waals surface area contributed by atoms with Gasteiger partial charge in [-0.25, -0.2) is 0 Å². The summed E-state index contributed by atoms with van der Waals surface area (Å²) in [5.41, 5.74) is 6.17. The van der Waals surface area contributed by atoms with Gasteiger partial charge in [-0.15, -0.1) is 0 Å². The highest BCUT2D eigenvalue weighted by molar-refractivity contribution is 5.06. The Hall–Kier alpha value is -0.120. The van der Waals surface area contributed by atoms with Crippen LogP contribution in [0.2, 0.25) is 0 Å². The molecule has 0 aromatic rings. The molecule has 3 nitrogen and oxygen atoms in total. The van der Waals surface area contributed by atoms with Crippen molar-refractivity contribution in [2.75, 3.05) is 26.9 Å². The maximum absolute atomic E-state index is 5.92. The number of hydrogen-bond acceptors (Lipinski definition) is 3. The average molecular weight is 199 g/mol. The first-order valence-electron chi connectivity index (χ1n) is 5.62. The molecular formula is C11H21NO2. The molecule has 2 rings (SSSR count). The van der Waals surface area contributed by atoms with Crippen LogP contribution in [0.25, 0.3) is 0 Å². The fourth-order valence-electron chi connectivity index (χ4n) is 3.39. The second-order valence-electron chi connectivity index (χ2n) is 4.65. The second kappa shape index (κ2) is 3.80. The molecule has 1 saturated heterocycles. The molecule has 1 saturated carbocycles. The Morgan fingerprint density at radius 2 is 1.93 bits per heavy atom. The van der Waals surface area contributed by atoms with E-state index in [9.17, 15) is 0 Å². The molecule has 1 aliphatic carbocycles. The van der Waals surface area contributed by atoms with Crippen molar-refractivity contribution < 1.29 is 9.47 Å². The lowest BCUT2D eigenvalue weighted by molar-refractivity contribution is -0.128. The van der Waals surface area contributed by atoms with Crippen molar-refractivity contribution >= 4 is 0 Å². The van der Waals surface area contributed by atoms with Crippen molar-refractivity contribution in [3.8, 4) is 0 Å². The minimum absolute atomic E-state index is 0.0587. The van der Waals surface area contributed by atoms with Crippen LogP contribution in [-0.4, -0.2) is 32.5 Å². The molecule has 0 aromatic carbocycles. The number of hydrogen-bond donors (Lipinski definition) is 1. The molecule has 3 heteroatoms. The van der Waals surface area contributed by atoms with E-state index < -0.39 is 0 Å². The lowest BCUT2D eigenvalue weighted by Crippen LogP contribution is -2.53. The van der Waals surface area contributed by atoms with Crippen LogP contribution in [0.3, 0.4) is 0 Å². The van der Waals surface area contributed by atoms with Crippen LogP contribution in [0.4, 0.5) is 0 Å². The number of nitrogens with two attached hydrogens (primary N) is 1. The number of ether oxygens (including phenoxy) is 2. The van der Waals surface area contributed by atoms with Crippen LogP contribution < -0.4 is 5.73 Å². The molecule has 1 unspecified atom stereocenters. The summed E-state index contributed by atoms with van der Waals surface area (Å²) >= 11 is 0. The highest BCUT2D eigenvalue weighted by Crippen LogP contribution is 2.53. The van der Waals surface area contributed by atoms with Gasteiger partial charge in [0.25, 0.3) is 0 Å². The normalized spacial score (nSPS) is 36.4.